The first-order valence-corrected chi connectivity index (χ1v) is 5.79. The van der Waals surface area contributed by atoms with Gasteiger partial charge in [-0.05, 0) is 24.5 Å². The minimum Gasteiger partial charge on any atom is -0.465 e. The van der Waals surface area contributed by atoms with E-state index < -0.39 is 6.09 Å². The lowest BCUT2D eigenvalue weighted by Crippen LogP contribution is -2.39. The van der Waals surface area contributed by atoms with Gasteiger partial charge in [0.15, 0.2) is 0 Å². The highest BCUT2D eigenvalue weighted by Crippen LogP contribution is 2.39. The molecule has 0 aromatic heterocycles. The second-order valence-corrected chi connectivity index (χ2v) is 4.52. The lowest BCUT2D eigenvalue weighted by atomic mass is 9.89. The molecule has 0 saturated heterocycles. The minimum absolute atomic E-state index is 0.0167. The van der Waals surface area contributed by atoms with Crippen molar-refractivity contribution in [3.8, 4) is 0 Å². The molecule has 1 heterocycles. The Hall–Kier alpha value is -1.97. The number of amides is 1. The van der Waals surface area contributed by atoms with Gasteiger partial charge in [0.25, 0.3) is 0 Å². The summed E-state index contributed by atoms with van der Waals surface area (Å²) < 4.78 is 0. The summed E-state index contributed by atoms with van der Waals surface area (Å²) in [6.07, 6.45) is 2.79. The lowest BCUT2D eigenvalue weighted by molar-refractivity contribution is 0.189. The smallest absolute Gasteiger partial charge is 0.404 e. The Morgan fingerprint density at radius 2 is 2.24 bits per heavy atom. The van der Waals surface area contributed by atoms with Gasteiger partial charge in [-0.1, -0.05) is 24.3 Å². The van der Waals surface area contributed by atoms with Crippen molar-refractivity contribution in [1.29, 1.82) is 0 Å². The minimum atomic E-state index is -0.942. The third-order valence-corrected chi connectivity index (χ3v) is 3.41. The Morgan fingerprint density at radius 3 is 3.06 bits per heavy atom. The number of nitrogens with one attached hydrogen (secondary N) is 2. The van der Waals surface area contributed by atoms with Gasteiger partial charge in [-0.3, -0.25) is 0 Å². The van der Waals surface area contributed by atoms with Crippen molar-refractivity contribution in [2.75, 3.05) is 5.32 Å². The van der Waals surface area contributed by atoms with E-state index in [0.29, 0.717) is 0 Å². The van der Waals surface area contributed by atoms with Gasteiger partial charge in [-0.25, -0.2) is 4.79 Å². The van der Waals surface area contributed by atoms with E-state index in [2.05, 4.69) is 28.8 Å². The summed E-state index contributed by atoms with van der Waals surface area (Å²) >= 11 is 0. The molecule has 1 aliphatic heterocycles. The van der Waals surface area contributed by atoms with Crippen LogP contribution in [0.2, 0.25) is 0 Å². The number of hydrogen-bond donors (Lipinski definition) is 3. The van der Waals surface area contributed by atoms with Crippen molar-refractivity contribution in [2.24, 2.45) is 0 Å². The van der Waals surface area contributed by atoms with Crippen LogP contribution in [-0.2, 0) is 0 Å². The van der Waals surface area contributed by atoms with E-state index in [0.717, 1.165) is 18.5 Å². The molecule has 2 atom stereocenters. The molecular weight excluding hydrogens is 216 g/mol. The van der Waals surface area contributed by atoms with Gasteiger partial charge in [0.05, 0.1) is 6.04 Å². The maximum Gasteiger partial charge on any atom is 0.404 e. The summed E-state index contributed by atoms with van der Waals surface area (Å²) in [6, 6.07) is 8.48. The molecule has 0 spiro atoms. The molecule has 1 amide bonds. The van der Waals surface area contributed by atoms with E-state index in [9.17, 15) is 4.79 Å². The highest BCUT2D eigenvalue weighted by atomic mass is 16.4. The molecule has 0 fully saturated rings. The zero-order valence-corrected chi connectivity index (χ0v) is 9.31. The standard InChI is InChI=1S/C13H14N2O2/c16-13(17)14-8-5-6-10-9-3-1-2-4-11(9)15-12(10)7-8/h1-4,6,8,12,14-15H,5,7H2,(H,16,17). The molecule has 3 N–H and O–H groups in total. The average molecular weight is 230 g/mol. The molecule has 17 heavy (non-hydrogen) atoms. The Kier molecular flexibility index (Phi) is 2.28. The topological polar surface area (TPSA) is 61.4 Å². The second-order valence-electron chi connectivity index (χ2n) is 4.52. The van der Waals surface area contributed by atoms with Crippen LogP contribution >= 0.6 is 0 Å². The van der Waals surface area contributed by atoms with Gasteiger partial charge in [0.2, 0.25) is 0 Å². The van der Waals surface area contributed by atoms with E-state index in [1.807, 2.05) is 12.1 Å². The van der Waals surface area contributed by atoms with Crippen LogP contribution in [0.15, 0.2) is 30.3 Å². The van der Waals surface area contributed by atoms with Crippen LogP contribution in [0.5, 0.6) is 0 Å². The number of anilines is 1. The van der Waals surface area contributed by atoms with Crippen LogP contribution in [0.25, 0.3) is 5.57 Å². The summed E-state index contributed by atoms with van der Waals surface area (Å²) in [5.41, 5.74) is 3.72. The first-order valence-electron chi connectivity index (χ1n) is 5.79. The number of carboxylic acid groups (broad SMARTS) is 1. The summed E-state index contributed by atoms with van der Waals surface area (Å²) in [7, 11) is 0. The summed E-state index contributed by atoms with van der Waals surface area (Å²) in [4.78, 5) is 10.6. The predicted molar refractivity (Wildman–Crippen MR) is 66.0 cm³/mol. The number of fused-ring (bicyclic) bond motifs is 3. The van der Waals surface area contributed by atoms with Crippen molar-refractivity contribution in [3.05, 3.63) is 35.9 Å². The summed E-state index contributed by atoms with van der Waals surface area (Å²) in [6.45, 7) is 0. The second kappa shape index (κ2) is 3.80. The van der Waals surface area contributed by atoms with Gasteiger partial charge in [0, 0.05) is 17.3 Å². The number of carbonyl (C=O) groups is 1. The molecule has 2 unspecified atom stereocenters. The third kappa shape index (κ3) is 1.75. The zero-order chi connectivity index (χ0) is 11.8. The van der Waals surface area contributed by atoms with Gasteiger partial charge in [-0.2, -0.15) is 0 Å². The van der Waals surface area contributed by atoms with Gasteiger partial charge in [-0.15, -0.1) is 0 Å². The van der Waals surface area contributed by atoms with Crippen molar-refractivity contribution in [3.63, 3.8) is 0 Å². The van der Waals surface area contributed by atoms with Gasteiger partial charge >= 0.3 is 6.09 Å². The van der Waals surface area contributed by atoms with Crippen molar-refractivity contribution in [2.45, 2.75) is 24.9 Å². The Bertz CT molecular complexity index is 496. The molecule has 4 nitrogen and oxygen atoms in total. The zero-order valence-electron chi connectivity index (χ0n) is 9.31. The maximum absolute atomic E-state index is 10.6. The van der Waals surface area contributed by atoms with Crippen molar-refractivity contribution >= 4 is 17.4 Å². The fourth-order valence-corrected chi connectivity index (χ4v) is 2.69. The number of para-hydroxylation sites is 1. The third-order valence-electron chi connectivity index (χ3n) is 3.41. The van der Waals surface area contributed by atoms with Gasteiger partial charge < -0.3 is 15.7 Å². The fourth-order valence-electron chi connectivity index (χ4n) is 2.69. The molecule has 3 rings (SSSR count). The van der Waals surface area contributed by atoms with Crippen LogP contribution in [0.3, 0.4) is 0 Å². The van der Waals surface area contributed by atoms with E-state index >= 15 is 0 Å². The normalized spacial score (nSPS) is 25.3. The van der Waals surface area contributed by atoms with E-state index in [-0.39, 0.29) is 12.1 Å². The van der Waals surface area contributed by atoms with E-state index in [1.54, 1.807) is 0 Å². The quantitative estimate of drug-likeness (QED) is 0.693. The first-order chi connectivity index (χ1) is 8.24. The molecule has 88 valence electrons. The molecule has 0 radical (unpaired) electrons. The summed E-state index contributed by atoms with van der Waals surface area (Å²) in [5.74, 6) is 0. The first kappa shape index (κ1) is 10.2. The van der Waals surface area contributed by atoms with E-state index in [1.165, 1.54) is 11.1 Å². The van der Waals surface area contributed by atoms with Gasteiger partial charge in [0.1, 0.15) is 0 Å². The predicted octanol–water partition coefficient (Wildman–Crippen LogP) is 2.29. The van der Waals surface area contributed by atoms with Crippen LogP contribution in [0.1, 0.15) is 18.4 Å². The molecule has 1 aromatic rings. The Labute approximate surface area is 99.3 Å². The van der Waals surface area contributed by atoms with Crippen LogP contribution < -0.4 is 10.6 Å². The van der Waals surface area contributed by atoms with Crippen LogP contribution in [0, 0.1) is 0 Å². The SMILES string of the molecule is O=C(O)NC1CC=C2c3ccccc3NC2C1. The Balaban J connectivity index is 1.83. The molecular formula is C13H14N2O2. The monoisotopic (exact) mass is 230 g/mol. The molecule has 2 aliphatic rings. The maximum atomic E-state index is 10.6. The molecule has 4 heteroatoms. The molecule has 0 bridgehead atoms. The number of hydrogen-bond acceptors (Lipinski definition) is 2. The highest BCUT2D eigenvalue weighted by molar-refractivity contribution is 5.87. The summed E-state index contributed by atoms with van der Waals surface area (Å²) in [5, 5.41) is 14.7. The number of benzene rings is 1. The van der Waals surface area contributed by atoms with Crippen LogP contribution in [-0.4, -0.2) is 23.3 Å². The van der Waals surface area contributed by atoms with E-state index in [4.69, 9.17) is 5.11 Å². The fraction of sp³-hybridized carbons (Fsp3) is 0.308. The largest absolute Gasteiger partial charge is 0.465 e. The Morgan fingerprint density at radius 1 is 1.41 bits per heavy atom. The number of rotatable bonds is 1. The van der Waals surface area contributed by atoms with Crippen molar-refractivity contribution in [1.82, 2.24) is 5.32 Å². The van der Waals surface area contributed by atoms with Crippen LogP contribution in [0.4, 0.5) is 10.5 Å². The molecule has 1 aromatic carbocycles. The lowest BCUT2D eigenvalue weighted by Gasteiger charge is -2.25. The average Bonchev–Trinajstić information content (AvgIpc) is 2.65. The molecule has 0 saturated carbocycles. The van der Waals surface area contributed by atoms with Crippen molar-refractivity contribution < 1.29 is 9.90 Å². The molecule has 1 aliphatic carbocycles. The highest BCUT2D eigenvalue weighted by Gasteiger charge is 2.31.